The number of amides is 1. The van der Waals surface area contributed by atoms with Crippen molar-refractivity contribution in [1.82, 2.24) is 14.3 Å². The van der Waals surface area contributed by atoms with E-state index in [9.17, 15) is 4.79 Å². The Morgan fingerprint density at radius 3 is 2.91 bits per heavy atom. The number of carbonyl (C=O) groups is 1. The third-order valence-electron chi connectivity index (χ3n) is 4.26. The van der Waals surface area contributed by atoms with Crippen LogP contribution in [-0.4, -0.2) is 39.8 Å². The monoisotopic (exact) mass is 340 g/mol. The number of halogens is 2. The average molecular weight is 341 g/mol. The van der Waals surface area contributed by atoms with E-state index in [1.54, 1.807) is 22.9 Å². The molecular weight excluding hydrogens is 323 g/mol. The van der Waals surface area contributed by atoms with E-state index in [0.29, 0.717) is 34.5 Å². The van der Waals surface area contributed by atoms with Crippen LogP contribution in [0.2, 0.25) is 10.0 Å². The maximum atomic E-state index is 12.4. The van der Waals surface area contributed by atoms with E-state index in [0.717, 1.165) is 13.0 Å². The SMILES string of the molecule is CC1(CN)CCN(C(=O)Cc2cn3cc(Cl)cc(Cl)c3n2)C1. The van der Waals surface area contributed by atoms with E-state index in [-0.39, 0.29) is 17.7 Å². The van der Waals surface area contributed by atoms with Gasteiger partial charge in [0.25, 0.3) is 0 Å². The number of likely N-dealkylation sites (tertiary alicyclic amines) is 1. The van der Waals surface area contributed by atoms with Gasteiger partial charge in [-0.1, -0.05) is 30.1 Å². The van der Waals surface area contributed by atoms with Gasteiger partial charge in [-0.2, -0.15) is 0 Å². The van der Waals surface area contributed by atoms with Crippen molar-refractivity contribution in [2.24, 2.45) is 11.1 Å². The Kier molecular flexibility index (Phi) is 4.05. The van der Waals surface area contributed by atoms with Crippen molar-refractivity contribution < 1.29 is 4.79 Å². The molecule has 1 fully saturated rings. The maximum Gasteiger partial charge on any atom is 0.228 e. The lowest BCUT2D eigenvalue weighted by Gasteiger charge is -2.22. The fourth-order valence-corrected chi connectivity index (χ4v) is 3.36. The van der Waals surface area contributed by atoms with Gasteiger partial charge in [0, 0.05) is 25.5 Å². The first-order valence-electron chi connectivity index (χ1n) is 7.21. The van der Waals surface area contributed by atoms with E-state index in [4.69, 9.17) is 28.9 Å². The highest BCUT2D eigenvalue weighted by molar-refractivity contribution is 6.36. The van der Waals surface area contributed by atoms with Crippen molar-refractivity contribution in [3.63, 3.8) is 0 Å². The van der Waals surface area contributed by atoms with Gasteiger partial charge in [-0.3, -0.25) is 4.79 Å². The molecule has 5 nitrogen and oxygen atoms in total. The predicted octanol–water partition coefficient (Wildman–Crippen LogP) is 2.38. The van der Waals surface area contributed by atoms with Crippen LogP contribution in [0.5, 0.6) is 0 Å². The minimum Gasteiger partial charge on any atom is -0.342 e. The first kappa shape index (κ1) is 15.6. The van der Waals surface area contributed by atoms with E-state index >= 15 is 0 Å². The van der Waals surface area contributed by atoms with Crippen molar-refractivity contribution in [1.29, 1.82) is 0 Å². The smallest absolute Gasteiger partial charge is 0.228 e. The standard InChI is InChI=1S/C15H18Cl2N4O/c1-15(8-18)2-3-20(9-15)13(22)5-11-7-21-6-10(16)4-12(17)14(21)19-11/h4,6-7H,2-3,5,8-9,18H2,1H3. The minimum atomic E-state index is 0.0331. The zero-order valence-electron chi connectivity index (χ0n) is 12.4. The maximum absolute atomic E-state index is 12.4. The molecule has 1 aliphatic heterocycles. The fraction of sp³-hybridized carbons (Fsp3) is 0.467. The number of nitrogens with two attached hydrogens (primary N) is 1. The summed E-state index contributed by atoms with van der Waals surface area (Å²) >= 11 is 12.1. The Morgan fingerprint density at radius 2 is 2.23 bits per heavy atom. The van der Waals surface area contributed by atoms with Crippen LogP contribution in [0.15, 0.2) is 18.5 Å². The zero-order chi connectivity index (χ0) is 15.9. The Hall–Kier alpha value is -1.30. The lowest BCUT2D eigenvalue weighted by Crippen LogP contribution is -2.35. The first-order chi connectivity index (χ1) is 10.4. The quantitative estimate of drug-likeness (QED) is 0.932. The summed E-state index contributed by atoms with van der Waals surface area (Å²) in [6, 6.07) is 1.64. The second-order valence-electron chi connectivity index (χ2n) is 6.23. The molecule has 2 N–H and O–H groups in total. The highest BCUT2D eigenvalue weighted by Crippen LogP contribution is 2.29. The molecule has 7 heteroatoms. The van der Waals surface area contributed by atoms with Crippen LogP contribution in [0.25, 0.3) is 5.65 Å². The molecule has 118 valence electrons. The van der Waals surface area contributed by atoms with Crippen LogP contribution < -0.4 is 5.73 Å². The Bertz CT molecular complexity index is 730. The summed E-state index contributed by atoms with van der Waals surface area (Å²) in [5, 5.41) is 1.01. The summed E-state index contributed by atoms with van der Waals surface area (Å²) in [6.07, 6.45) is 4.73. The number of aromatic nitrogens is 2. The molecule has 0 bridgehead atoms. The third-order valence-corrected chi connectivity index (χ3v) is 4.74. The number of rotatable bonds is 3. The van der Waals surface area contributed by atoms with Gasteiger partial charge in [0.05, 0.1) is 22.2 Å². The predicted molar refractivity (Wildman–Crippen MR) is 87.3 cm³/mol. The second-order valence-corrected chi connectivity index (χ2v) is 7.07. The van der Waals surface area contributed by atoms with Gasteiger partial charge in [0.1, 0.15) is 0 Å². The molecule has 1 aliphatic rings. The molecule has 0 aromatic carbocycles. The molecule has 0 radical (unpaired) electrons. The normalized spacial score (nSPS) is 21.7. The first-order valence-corrected chi connectivity index (χ1v) is 7.96. The molecule has 3 rings (SSSR count). The van der Waals surface area contributed by atoms with Gasteiger partial charge >= 0.3 is 0 Å². The van der Waals surface area contributed by atoms with E-state index < -0.39 is 0 Å². The number of imidazole rings is 1. The van der Waals surface area contributed by atoms with Gasteiger partial charge in [-0.05, 0) is 24.4 Å². The fourth-order valence-electron chi connectivity index (χ4n) is 2.83. The molecular formula is C15H18Cl2N4O. The summed E-state index contributed by atoms with van der Waals surface area (Å²) in [5.41, 5.74) is 7.12. The lowest BCUT2D eigenvalue weighted by molar-refractivity contribution is -0.129. The van der Waals surface area contributed by atoms with Gasteiger partial charge < -0.3 is 15.0 Å². The largest absolute Gasteiger partial charge is 0.342 e. The number of hydrogen-bond donors (Lipinski definition) is 1. The third kappa shape index (κ3) is 2.93. The van der Waals surface area contributed by atoms with Crippen molar-refractivity contribution in [3.05, 3.63) is 34.2 Å². The van der Waals surface area contributed by atoms with Gasteiger partial charge in [0.15, 0.2) is 5.65 Å². The minimum absolute atomic E-state index is 0.0331. The summed E-state index contributed by atoms with van der Waals surface area (Å²) in [7, 11) is 0. The second kappa shape index (κ2) is 5.72. The van der Waals surface area contributed by atoms with Gasteiger partial charge in [-0.25, -0.2) is 4.98 Å². The van der Waals surface area contributed by atoms with Crippen LogP contribution in [0.4, 0.5) is 0 Å². The zero-order valence-corrected chi connectivity index (χ0v) is 13.9. The van der Waals surface area contributed by atoms with E-state index in [2.05, 4.69) is 11.9 Å². The molecule has 22 heavy (non-hydrogen) atoms. The van der Waals surface area contributed by atoms with Crippen LogP contribution in [0.1, 0.15) is 19.0 Å². The molecule has 2 aromatic heterocycles. The molecule has 1 atom stereocenters. The summed E-state index contributed by atoms with van der Waals surface area (Å²) in [4.78, 5) is 18.7. The molecule has 0 spiro atoms. The molecule has 1 saturated heterocycles. The van der Waals surface area contributed by atoms with Crippen molar-refractivity contribution in [2.45, 2.75) is 19.8 Å². The van der Waals surface area contributed by atoms with Crippen molar-refractivity contribution >= 4 is 34.8 Å². The number of hydrogen-bond acceptors (Lipinski definition) is 3. The van der Waals surface area contributed by atoms with Crippen LogP contribution in [-0.2, 0) is 11.2 Å². The molecule has 0 aliphatic carbocycles. The highest BCUT2D eigenvalue weighted by atomic mass is 35.5. The van der Waals surface area contributed by atoms with Gasteiger partial charge in [-0.15, -0.1) is 0 Å². The topological polar surface area (TPSA) is 63.6 Å². The molecule has 1 unspecified atom stereocenters. The van der Waals surface area contributed by atoms with Crippen molar-refractivity contribution in [3.8, 4) is 0 Å². The average Bonchev–Trinajstić information content (AvgIpc) is 3.03. The highest BCUT2D eigenvalue weighted by Gasteiger charge is 2.34. The number of nitrogens with zero attached hydrogens (tertiary/aromatic N) is 3. The number of fused-ring (bicyclic) bond motifs is 1. The Morgan fingerprint density at radius 1 is 1.45 bits per heavy atom. The molecule has 0 saturated carbocycles. The number of carbonyl (C=O) groups excluding carboxylic acids is 1. The Labute approximate surface area is 139 Å². The van der Waals surface area contributed by atoms with Crippen LogP contribution in [0, 0.1) is 5.41 Å². The van der Waals surface area contributed by atoms with E-state index in [1.165, 1.54) is 0 Å². The summed E-state index contributed by atoms with van der Waals surface area (Å²) in [5.74, 6) is 0.0720. The Balaban J connectivity index is 1.76. The molecule has 2 aromatic rings. The summed E-state index contributed by atoms with van der Waals surface area (Å²) in [6.45, 7) is 4.18. The van der Waals surface area contributed by atoms with Gasteiger partial charge in [0.2, 0.25) is 5.91 Å². The summed E-state index contributed by atoms with van der Waals surface area (Å²) < 4.78 is 1.75. The lowest BCUT2D eigenvalue weighted by atomic mass is 9.90. The van der Waals surface area contributed by atoms with E-state index in [1.807, 2.05) is 4.90 Å². The van der Waals surface area contributed by atoms with Crippen LogP contribution in [0.3, 0.4) is 0 Å². The van der Waals surface area contributed by atoms with Crippen LogP contribution >= 0.6 is 23.2 Å². The van der Waals surface area contributed by atoms with Crippen molar-refractivity contribution in [2.75, 3.05) is 19.6 Å². The number of pyridine rings is 1. The molecule has 1 amide bonds. The molecule has 3 heterocycles.